The molecule has 1 aromatic heterocycles. The number of hydrogen-bond donors (Lipinski definition) is 2. The third-order valence-electron chi connectivity index (χ3n) is 5.77. The van der Waals surface area contributed by atoms with Gasteiger partial charge in [0.25, 0.3) is 0 Å². The van der Waals surface area contributed by atoms with Crippen LogP contribution in [0, 0.1) is 5.41 Å². The molecular formula is C18H25LiN4O2. The molecule has 0 radical (unpaired) electrons. The second kappa shape index (κ2) is 7.51. The number of nitrogens with zero attached hydrogens (tertiary/aromatic N) is 3. The van der Waals surface area contributed by atoms with E-state index in [0.717, 1.165) is 24.0 Å². The van der Waals surface area contributed by atoms with Crippen LogP contribution in [0.5, 0.6) is 0 Å². The standard InChI is InChI=1S/C18H24N4O2.Li.H/c23-17(24)15-3-1-2-14-12-20-22(16(14)15)11-7-19-13-18-4-8-21(9-5-18)10-6-18;;/h1-3,12,19H,4-11,13H2,(H,23,24);;/q;+1;-1. The quantitative estimate of drug-likeness (QED) is 0.519. The van der Waals surface area contributed by atoms with Crippen molar-refractivity contribution in [1.29, 1.82) is 0 Å². The fourth-order valence-electron chi connectivity index (χ4n) is 4.19. The SMILES string of the molecule is O=C(O)c1cccc2cnn(CCNCC34CCN(CC3)CC4)c12.[H-].[Li+]. The van der Waals surface area contributed by atoms with E-state index in [4.69, 9.17) is 0 Å². The number of piperidine rings is 3. The van der Waals surface area contributed by atoms with Crippen LogP contribution in [0.3, 0.4) is 0 Å². The Kier molecular flexibility index (Phi) is 5.55. The average molecular weight is 336 g/mol. The van der Waals surface area contributed by atoms with E-state index < -0.39 is 5.97 Å². The van der Waals surface area contributed by atoms with Crippen LogP contribution in [0.15, 0.2) is 24.4 Å². The molecule has 0 amide bonds. The smallest absolute Gasteiger partial charge is 1.00 e. The number of aromatic nitrogens is 2. The monoisotopic (exact) mass is 336 g/mol. The Balaban J connectivity index is 0.00000121. The van der Waals surface area contributed by atoms with Crippen LogP contribution in [0.25, 0.3) is 10.9 Å². The molecule has 1 aromatic carbocycles. The van der Waals surface area contributed by atoms with Gasteiger partial charge in [0.05, 0.1) is 23.8 Å². The Morgan fingerprint density at radius 2 is 2.00 bits per heavy atom. The molecule has 0 saturated carbocycles. The Morgan fingerprint density at radius 1 is 1.28 bits per heavy atom. The van der Waals surface area contributed by atoms with E-state index in [1.54, 1.807) is 18.3 Å². The summed E-state index contributed by atoms with van der Waals surface area (Å²) in [4.78, 5) is 14.0. The van der Waals surface area contributed by atoms with E-state index in [2.05, 4.69) is 15.3 Å². The van der Waals surface area contributed by atoms with Crippen LogP contribution in [0.1, 0.15) is 31.0 Å². The minimum atomic E-state index is -0.900. The largest absolute Gasteiger partial charge is 1.00 e. The van der Waals surface area contributed by atoms with E-state index in [1.807, 2.05) is 10.7 Å². The molecule has 6 nitrogen and oxygen atoms in total. The first-order chi connectivity index (χ1) is 11.7. The van der Waals surface area contributed by atoms with Gasteiger partial charge in [0, 0.05) is 18.5 Å². The van der Waals surface area contributed by atoms with Gasteiger partial charge in [-0.15, -0.1) is 0 Å². The number of carboxylic acids is 1. The van der Waals surface area contributed by atoms with Crippen molar-refractivity contribution >= 4 is 16.9 Å². The number of nitrogens with one attached hydrogen (secondary N) is 1. The topological polar surface area (TPSA) is 70.4 Å². The maximum Gasteiger partial charge on any atom is 1.00 e. The average Bonchev–Trinajstić information content (AvgIpc) is 3.03. The first kappa shape index (κ1) is 18.5. The summed E-state index contributed by atoms with van der Waals surface area (Å²) >= 11 is 0. The predicted molar refractivity (Wildman–Crippen MR) is 93.4 cm³/mol. The number of carbonyl (C=O) groups is 1. The van der Waals surface area contributed by atoms with Gasteiger partial charge in [-0.05, 0) is 50.4 Å². The number of fused-ring (bicyclic) bond motifs is 4. The van der Waals surface area contributed by atoms with E-state index in [1.165, 1.54) is 38.9 Å². The van der Waals surface area contributed by atoms with Crippen molar-refractivity contribution in [2.24, 2.45) is 5.41 Å². The molecule has 7 heteroatoms. The summed E-state index contributed by atoms with van der Waals surface area (Å²) in [6.45, 7) is 6.30. The Bertz CT molecular complexity index is 745. The third-order valence-corrected chi connectivity index (χ3v) is 5.77. The maximum absolute atomic E-state index is 11.4. The van der Waals surface area contributed by atoms with Gasteiger partial charge in [-0.3, -0.25) is 4.68 Å². The van der Waals surface area contributed by atoms with Crippen LogP contribution < -0.4 is 24.2 Å². The summed E-state index contributed by atoms with van der Waals surface area (Å²) in [5, 5.41) is 18.2. The molecule has 3 fully saturated rings. The molecule has 2 aromatic rings. The molecule has 2 bridgehead atoms. The minimum Gasteiger partial charge on any atom is -1.00 e. The zero-order valence-electron chi connectivity index (χ0n) is 15.9. The molecule has 4 heterocycles. The maximum atomic E-state index is 11.4. The number of carboxylic acid groups (broad SMARTS) is 1. The second-order valence-corrected chi connectivity index (χ2v) is 7.18. The van der Waals surface area contributed by atoms with Crippen molar-refractivity contribution in [3.05, 3.63) is 30.0 Å². The van der Waals surface area contributed by atoms with E-state index in [0.29, 0.717) is 17.5 Å². The Labute approximate surface area is 161 Å². The first-order valence-electron chi connectivity index (χ1n) is 8.78. The van der Waals surface area contributed by atoms with Gasteiger partial charge in [-0.2, -0.15) is 5.10 Å². The fraction of sp³-hybridized carbons (Fsp3) is 0.556. The van der Waals surface area contributed by atoms with Crippen molar-refractivity contribution in [2.75, 3.05) is 32.7 Å². The molecule has 5 rings (SSSR count). The van der Waals surface area contributed by atoms with Crippen molar-refractivity contribution in [2.45, 2.75) is 25.8 Å². The summed E-state index contributed by atoms with van der Waals surface area (Å²) < 4.78 is 1.81. The van der Waals surface area contributed by atoms with Crippen LogP contribution in [-0.2, 0) is 6.54 Å². The number of rotatable bonds is 6. The first-order valence-corrected chi connectivity index (χ1v) is 8.78. The zero-order valence-corrected chi connectivity index (χ0v) is 14.9. The van der Waals surface area contributed by atoms with Crippen molar-refractivity contribution in [3.63, 3.8) is 0 Å². The molecule has 0 atom stereocenters. The van der Waals surface area contributed by atoms with Gasteiger partial charge in [0.2, 0.25) is 0 Å². The molecule has 3 aliphatic rings. The number of aromatic carboxylic acids is 1. The van der Waals surface area contributed by atoms with Crippen molar-refractivity contribution in [3.8, 4) is 0 Å². The van der Waals surface area contributed by atoms with Crippen LogP contribution in [0.4, 0.5) is 0 Å². The van der Waals surface area contributed by atoms with Gasteiger partial charge in [0.15, 0.2) is 0 Å². The molecule has 3 aliphatic heterocycles. The van der Waals surface area contributed by atoms with E-state index >= 15 is 0 Å². The van der Waals surface area contributed by atoms with Gasteiger partial charge < -0.3 is 16.7 Å². The minimum absolute atomic E-state index is 0. The van der Waals surface area contributed by atoms with Crippen LogP contribution >= 0.6 is 0 Å². The summed E-state index contributed by atoms with van der Waals surface area (Å²) in [5.74, 6) is -0.900. The summed E-state index contributed by atoms with van der Waals surface area (Å²) in [5.41, 5.74) is 1.52. The Hall–Kier alpha value is -1.32. The summed E-state index contributed by atoms with van der Waals surface area (Å²) in [7, 11) is 0. The predicted octanol–water partition coefficient (Wildman–Crippen LogP) is -1.07. The molecule has 25 heavy (non-hydrogen) atoms. The second-order valence-electron chi connectivity index (χ2n) is 7.18. The normalized spacial score (nSPS) is 25.0. The number of hydrogen-bond acceptors (Lipinski definition) is 4. The van der Waals surface area contributed by atoms with Crippen molar-refractivity contribution in [1.82, 2.24) is 20.0 Å². The zero-order chi connectivity index (χ0) is 16.6. The van der Waals surface area contributed by atoms with Crippen LogP contribution in [-0.4, -0.2) is 58.5 Å². The number of benzene rings is 1. The van der Waals surface area contributed by atoms with Gasteiger partial charge >= 0.3 is 24.8 Å². The summed E-state index contributed by atoms with van der Waals surface area (Å²) in [6, 6.07) is 5.32. The molecule has 3 saturated heterocycles. The molecule has 0 spiro atoms. The fourth-order valence-corrected chi connectivity index (χ4v) is 4.19. The van der Waals surface area contributed by atoms with E-state index in [9.17, 15) is 9.90 Å². The Morgan fingerprint density at radius 3 is 2.68 bits per heavy atom. The van der Waals surface area contributed by atoms with Gasteiger partial charge in [0.1, 0.15) is 0 Å². The van der Waals surface area contributed by atoms with Gasteiger partial charge in [-0.25, -0.2) is 4.79 Å². The van der Waals surface area contributed by atoms with Gasteiger partial charge in [-0.1, -0.05) is 12.1 Å². The molecular weight excluding hydrogens is 311 g/mol. The number of para-hydroxylation sites is 1. The molecule has 0 aliphatic carbocycles. The van der Waals surface area contributed by atoms with Crippen LogP contribution in [0.2, 0.25) is 0 Å². The molecule has 0 unspecified atom stereocenters. The van der Waals surface area contributed by atoms with Crippen molar-refractivity contribution < 1.29 is 30.2 Å². The third kappa shape index (κ3) is 3.63. The summed E-state index contributed by atoms with van der Waals surface area (Å²) in [6.07, 6.45) is 5.65. The molecule has 130 valence electrons. The van der Waals surface area contributed by atoms with E-state index in [-0.39, 0.29) is 20.3 Å². The molecule has 2 N–H and O–H groups in total.